The van der Waals surface area contributed by atoms with E-state index in [1.807, 2.05) is 72.0 Å². The Bertz CT molecular complexity index is 2800. The second-order valence-corrected chi connectivity index (χ2v) is 13.5. The zero-order valence-corrected chi connectivity index (χ0v) is 27.6. The molecule has 10 aromatic rings. The van der Waals surface area contributed by atoms with Gasteiger partial charge in [0.05, 0.1) is 0 Å². The lowest BCUT2D eigenvalue weighted by molar-refractivity contribution is 0.669. The molecule has 0 unspecified atom stereocenters. The minimum absolute atomic E-state index is 0.599. The van der Waals surface area contributed by atoms with Gasteiger partial charge in [-0.2, -0.15) is 0 Å². The van der Waals surface area contributed by atoms with E-state index in [-0.39, 0.29) is 0 Å². The van der Waals surface area contributed by atoms with E-state index in [1.165, 1.54) is 36.9 Å². The summed E-state index contributed by atoms with van der Waals surface area (Å²) < 4.78 is 9.19. The van der Waals surface area contributed by atoms with Crippen LogP contribution in [-0.4, -0.2) is 15.0 Å². The van der Waals surface area contributed by atoms with Gasteiger partial charge < -0.3 is 4.42 Å². The van der Waals surface area contributed by atoms with E-state index >= 15 is 0 Å². The first-order valence-electron chi connectivity index (χ1n) is 16.6. The number of hydrogen-bond donors (Lipinski definition) is 0. The highest BCUT2D eigenvalue weighted by atomic mass is 32.1. The molecule has 10 rings (SSSR count). The molecule has 0 saturated heterocycles. The Labute approximate surface area is 292 Å². The SMILES string of the molecule is c1ccc(-c2cc(-c3cccc4oc5cc(-c6nc(-c7ccccc7)nc(-c7ccccc7)n6)ccc5c34)c3c(c2)sc2ccccc23)cc1. The highest BCUT2D eigenvalue weighted by Gasteiger charge is 2.20. The summed E-state index contributed by atoms with van der Waals surface area (Å²) in [5.41, 5.74) is 9.13. The summed E-state index contributed by atoms with van der Waals surface area (Å²) in [6.45, 7) is 0. The van der Waals surface area contributed by atoms with Gasteiger partial charge in [0.2, 0.25) is 0 Å². The third-order valence-electron chi connectivity index (χ3n) is 9.33. The number of nitrogens with zero attached hydrogens (tertiary/aromatic N) is 3. The summed E-state index contributed by atoms with van der Waals surface area (Å²) in [7, 11) is 0. The summed E-state index contributed by atoms with van der Waals surface area (Å²) in [5.74, 6) is 1.86. The Morgan fingerprint density at radius 3 is 1.68 bits per heavy atom. The monoisotopic (exact) mass is 657 g/mol. The van der Waals surface area contributed by atoms with Crippen LogP contribution in [0.15, 0.2) is 168 Å². The van der Waals surface area contributed by atoms with Crippen LogP contribution >= 0.6 is 11.3 Å². The molecule has 3 aromatic heterocycles. The zero-order valence-electron chi connectivity index (χ0n) is 26.7. The van der Waals surface area contributed by atoms with E-state index in [1.54, 1.807) is 0 Å². The van der Waals surface area contributed by atoms with Crippen LogP contribution in [0.5, 0.6) is 0 Å². The molecule has 4 nitrogen and oxygen atoms in total. The van der Waals surface area contributed by atoms with Crippen LogP contribution in [0.4, 0.5) is 0 Å². The first-order valence-corrected chi connectivity index (χ1v) is 17.4. The highest BCUT2D eigenvalue weighted by molar-refractivity contribution is 7.26. The molecule has 0 saturated carbocycles. The standard InChI is InChI=1S/C45H27N3OS/c1-4-13-28(14-5-1)32-25-36(42-35-19-10-11-22-39(35)50-40(42)27-32)33-20-12-21-37-41(33)34-24-23-31(26-38(34)49-37)45-47-43(29-15-6-2-7-16-29)46-44(48-45)30-17-8-3-9-18-30/h1-27H. The Balaban J connectivity index is 1.18. The molecule has 0 radical (unpaired) electrons. The largest absolute Gasteiger partial charge is 0.456 e. The number of aromatic nitrogens is 3. The van der Waals surface area contributed by atoms with Gasteiger partial charge >= 0.3 is 0 Å². The Morgan fingerprint density at radius 1 is 0.360 bits per heavy atom. The summed E-state index contributed by atoms with van der Waals surface area (Å²) in [5, 5.41) is 4.70. The highest BCUT2D eigenvalue weighted by Crippen LogP contribution is 2.46. The number of thiophene rings is 1. The molecule has 0 aliphatic rings. The Hall–Kier alpha value is -6.43. The van der Waals surface area contributed by atoms with Crippen molar-refractivity contribution in [1.82, 2.24) is 15.0 Å². The molecule has 7 aromatic carbocycles. The lowest BCUT2D eigenvalue weighted by Crippen LogP contribution is -2.00. The summed E-state index contributed by atoms with van der Waals surface area (Å²) >= 11 is 1.85. The first-order chi connectivity index (χ1) is 24.8. The zero-order chi connectivity index (χ0) is 33.0. The van der Waals surface area contributed by atoms with Crippen LogP contribution in [0.1, 0.15) is 0 Å². The molecular formula is C45H27N3OS. The van der Waals surface area contributed by atoms with Crippen LogP contribution in [0, 0.1) is 0 Å². The molecule has 0 atom stereocenters. The Morgan fingerprint density at radius 2 is 0.980 bits per heavy atom. The van der Waals surface area contributed by atoms with Gasteiger partial charge in [-0.05, 0) is 58.7 Å². The van der Waals surface area contributed by atoms with E-state index in [0.29, 0.717) is 17.5 Å². The summed E-state index contributed by atoms with van der Waals surface area (Å²) in [6.07, 6.45) is 0. The van der Waals surface area contributed by atoms with E-state index in [9.17, 15) is 0 Å². The van der Waals surface area contributed by atoms with Crippen molar-refractivity contribution in [3.63, 3.8) is 0 Å². The first kappa shape index (κ1) is 28.6. The lowest BCUT2D eigenvalue weighted by Gasteiger charge is -2.11. The average Bonchev–Trinajstić information content (AvgIpc) is 3.76. The van der Waals surface area contributed by atoms with Crippen molar-refractivity contribution in [2.45, 2.75) is 0 Å². The van der Waals surface area contributed by atoms with E-state index in [4.69, 9.17) is 19.4 Å². The number of benzene rings is 7. The minimum atomic E-state index is 0.599. The molecular weight excluding hydrogens is 631 g/mol. The molecule has 5 heteroatoms. The molecule has 50 heavy (non-hydrogen) atoms. The van der Waals surface area contributed by atoms with Crippen molar-refractivity contribution in [2.24, 2.45) is 0 Å². The number of hydrogen-bond acceptors (Lipinski definition) is 5. The lowest BCUT2D eigenvalue weighted by atomic mass is 9.92. The van der Waals surface area contributed by atoms with Gasteiger partial charge in [-0.3, -0.25) is 0 Å². The van der Waals surface area contributed by atoms with Gasteiger partial charge in [0.1, 0.15) is 11.2 Å². The molecule has 0 amide bonds. The van der Waals surface area contributed by atoms with Crippen molar-refractivity contribution in [3.05, 3.63) is 164 Å². The molecule has 0 fully saturated rings. The third kappa shape index (κ3) is 4.79. The van der Waals surface area contributed by atoms with Crippen LogP contribution in [0.3, 0.4) is 0 Å². The van der Waals surface area contributed by atoms with Crippen LogP contribution < -0.4 is 0 Å². The number of fused-ring (bicyclic) bond motifs is 6. The predicted octanol–water partition coefficient (Wildman–Crippen LogP) is 12.5. The maximum atomic E-state index is 6.63. The maximum absolute atomic E-state index is 6.63. The molecule has 0 aliphatic heterocycles. The molecule has 0 spiro atoms. The Kier molecular flexibility index (Phi) is 6.64. The summed E-state index contributed by atoms with van der Waals surface area (Å²) in [4.78, 5) is 14.8. The molecule has 234 valence electrons. The predicted molar refractivity (Wildman–Crippen MR) is 207 cm³/mol. The van der Waals surface area contributed by atoms with Crippen molar-refractivity contribution >= 4 is 53.4 Å². The van der Waals surface area contributed by atoms with E-state index < -0.39 is 0 Å². The fraction of sp³-hybridized carbons (Fsp3) is 0. The van der Waals surface area contributed by atoms with Crippen molar-refractivity contribution < 1.29 is 4.42 Å². The normalized spacial score (nSPS) is 11.6. The summed E-state index contributed by atoms with van der Waals surface area (Å²) in [6, 6.07) is 56.8. The van der Waals surface area contributed by atoms with Gasteiger partial charge in [-0.15, -0.1) is 11.3 Å². The smallest absolute Gasteiger partial charge is 0.164 e. The number of furan rings is 1. The van der Waals surface area contributed by atoms with Crippen molar-refractivity contribution in [3.8, 4) is 56.4 Å². The van der Waals surface area contributed by atoms with Crippen LogP contribution in [-0.2, 0) is 0 Å². The van der Waals surface area contributed by atoms with Gasteiger partial charge in [0.15, 0.2) is 17.5 Å². The topological polar surface area (TPSA) is 51.8 Å². The molecule has 3 heterocycles. The fourth-order valence-corrected chi connectivity index (χ4v) is 8.16. The van der Waals surface area contributed by atoms with Gasteiger partial charge in [0, 0.05) is 47.6 Å². The quantitative estimate of drug-likeness (QED) is 0.185. The minimum Gasteiger partial charge on any atom is -0.456 e. The molecule has 0 N–H and O–H groups in total. The third-order valence-corrected chi connectivity index (χ3v) is 10.4. The molecule has 0 bridgehead atoms. The number of rotatable bonds is 5. The van der Waals surface area contributed by atoms with E-state index in [2.05, 4.69) is 103 Å². The average molecular weight is 658 g/mol. The van der Waals surface area contributed by atoms with Gasteiger partial charge in [0.25, 0.3) is 0 Å². The van der Waals surface area contributed by atoms with Gasteiger partial charge in [-0.25, -0.2) is 15.0 Å². The van der Waals surface area contributed by atoms with Crippen LogP contribution in [0.25, 0.3) is 98.5 Å². The fourth-order valence-electron chi connectivity index (χ4n) is 6.99. The van der Waals surface area contributed by atoms with Gasteiger partial charge in [-0.1, -0.05) is 127 Å². The van der Waals surface area contributed by atoms with Crippen LogP contribution in [0.2, 0.25) is 0 Å². The second kappa shape index (κ2) is 11.6. The van der Waals surface area contributed by atoms with Crippen molar-refractivity contribution in [2.75, 3.05) is 0 Å². The maximum Gasteiger partial charge on any atom is 0.164 e. The second-order valence-electron chi connectivity index (χ2n) is 12.4. The molecule has 0 aliphatic carbocycles. The van der Waals surface area contributed by atoms with E-state index in [0.717, 1.165) is 44.2 Å². The van der Waals surface area contributed by atoms with Crippen molar-refractivity contribution in [1.29, 1.82) is 0 Å².